The molecule has 0 radical (unpaired) electrons. The summed E-state index contributed by atoms with van der Waals surface area (Å²) in [6.07, 6.45) is -0.644. The van der Waals surface area contributed by atoms with Crippen LogP contribution in [0.25, 0.3) is 0 Å². The van der Waals surface area contributed by atoms with Gasteiger partial charge in [-0.2, -0.15) is 0 Å². The number of benzene rings is 1. The Kier molecular flexibility index (Phi) is 4.81. The van der Waals surface area contributed by atoms with Crippen LogP contribution in [0.1, 0.15) is 0 Å². The number of aliphatic hydroxyl groups is 1. The molecule has 1 aromatic rings. The molecule has 0 heterocycles. The van der Waals surface area contributed by atoms with Gasteiger partial charge in [-0.25, -0.2) is 4.39 Å². The fourth-order valence-electron chi connectivity index (χ4n) is 1.11. The number of methoxy groups -OCH3 is 1. The van der Waals surface area contributed by atoms with Crippen molar-refractivity contribution in [2.75, 3.05) is 25.6 Å². The minimum Gasteiger partial charge on any atom is -0.389 e. The summed E-state index contributed by atoms with van der Waals surface area (Å²) >= 11 is 5.81. The smallest absolute Gasteiger partial charge is 0.125 e. The Hall–Kier alpha value is -0.840. The SMILES string of the molecule is COCC(O)CNc1cc(F)ccc1Cl. The lowest BCUT2D eigenvalue weighted by molar-refractivity contribution is 0.0727. The molecular formula is C10H13ClFNO2. The zero-order chi connectivity index (χ0) is 11.3. The predicted molar refractivity (Wildman–Crippen MR) is 57.8 cm³/mol. The average molecular weight is 234 g/mol. The minimum atomic E-state index is -0.644. The second kappa shape index (κ2) is 5.90. The normalized spacial score (nSPS) is 12.5. The number of hydrogen-bond donors (Lipinski definition) is 2. The van der Waals surface area contributed by atoms with Gasteiger partial charge in [-0.1, -0.05) is 11.6 Å². The van der Waals surface area contributed by atoms with Crippen molar-refractivity contribution < 1.29 is 14.2 Å². The standard InChI is InChI=1S/C10H13ClFNO2/c1-15-6-8(14)5-13-10-4-7(12)2-3-9(10)11/h2-4,8,13-14H,5-6H2,1H3. The summed E-state index contributed by atoms with van der Waals surface area (Å²) in [4.78, 5) is 0. The third-order valence-electron chi connectivity index (χ3n) is 1.82. The largest absolute Gasteiger partial charge is 0.389 e. The van der Waals surface area contributed by atoms with Crippen molar-refractivity contribution in [3.63, 3.8) is 0 Å². The van der Waals surface area contributed by atoms with Gasteiger partial charge in [0, 0.05) is 13.7 Å². The number of ether oxygens (including phenoxy) is 1. The molecule has 5 heteroatoms. The summed E-state index contributed by atoms with van der Waals surface area (Å²) in [6.45, 7) is 0.483. The Bertz CT molecular complexity index is 322. The van der Waals surface area contributed by atoms with E-state index in [0.717, 1.165) is 0 Å². The molecule has 0 aliphatic carbocycles. The van der Waals surface area contributed by atoms with Crippen LogP contribution in [0.4, 0.5) is 10.1 Å². The number of hydrogen-bond acceptors (Lipinski definition) is 3. The van der Waals surface area contributed by atoms with Crippen molar-refractivity contribution in [3.8, 4) is 0 Å². The van der Waals surface area contributed by atoms with Crippen LogP contribution in [0.5, 0.6) is 0 Å². The molecule has 0 bridgehead atoms. The lowest BCUT2D eigenvalue weighted by atomic mass is 10.3. The first-order chi connectivity index (χ1) is 7.13. The third kappa shape index (κ3) is 4.03. The molecular weight excluding hydrogens is 221 g/mol. The molecule has 1 atom stereocenters. The van der Waals surface area contributed by atoms with Gasteiger partial charge in [0.25, 0.3) is 0 Å². The second-order valence-electron chi connectivity index (χ2n) is 3.11. The molecule has 3 nitrogen and oxygen atoms in total. The van der Waals surface area contributed by atoms with Crippen molar-refractivity contribution in [2.24, 2.45) is 0 Å². The van der Waals surface area contributed by atoms with E-state index in [9.17, 15) is 9.50 Å². The van der Waals surface area contributed by atoms with Crippen molar-refractivity contribution >= 4 is 17.3 Å². The second-order valence-corrected chi connectivity index (χ2v) is 3.52. The number of aliphatic hydroxyl groups excluding tert-OH is 1. The zero-order valence-electron chi connectivity index (χ0n) is 8.34. The van der Waals surface area contributed by atoms with Crippen LogP contribution in [0.15, 0.2) is 18.2 Å². The molecule has 1 aromatic carbocycles. The fourth-order valence-corrected chi connectivity index (χ4v) is 1.30. The van der Waals surface area contributed by atoms with Gasteiger partial charge in [0.1, 0.15) is 5.82 Å². The lowest BCUT2D eigenvalue weighted by Gasteiger charge is -2.12. The van der Waals surface area contributed by atoms with Gasteiger partial charge >= 0.3 is 0 Å². The molecule has 0 fully saturated rings. The van der Waals surface area contributed by atoms with Crippen molar-refractivity contribution in [1.82, 2.24) is 0 Å². The molecule has 2 N–H and O–H groups in total. The molecule has 1 rings (SSSR count). The van der Waals surface area contributed by atoms with Crippen molar-refractivity contribution in [2.45, 2.75) is 6.10 Å². The molecule has 0 amide bonds. The van der Waals surface area contributed by atoms with Gasteiger partial charge in [-0.15, -0.1) is 0 Å². The minimum absolute atomic E-state index is 0.222. The van der Waals surface area contributed by atoms with Crippen molar-refractivity contribution in [3.05, 3.63) is 29.0 Å². The van der Waals surface area contributed by atoms with Gasteiger partial charge in [-0.05, 0) is 18.2 Å². The summed E-state index contributed by atoms with van der Waals surface area (Å²) in [5.74, 6) is -0.372. The van der Waals surface area contributed by atoms with Crippen LogP contribution in [-0.2, 0) is 4.74 Å². The summed E-state index contributed by atoms with van der Waals surface area (Å²) in [5, 5.41) is 12.6. The third-order valence-corrected chi connectivity index (χ3v) is 2.15. The molecule has 0 saturated heterocycles. The van der Waals surface area contributed by atoms with E-state index in [1.54, 1.807) is 0 Å². The molecule has 0 aliphatic rings. The van der Waals surface area contributed by atoms with Crippen molar-refractivity contribution in [1.29, 1.82) is 0 Å². The Morgan fingerprint density at radius 1 is 1.60 bits per heavy atom. The summed E-state index contributed by atoms with van der Waals surface area (Å²) in [7, 11) is 1.50. The van der Waals surface area contributed by atoms with E-state index in [1.165, 1.54) is 25.3 Å². The van der Waals surface area contributed by atoms with Gasteiger partial charge in [0.05, 0.1) is 23.4 Å². The fraction of sp³-hybridized carbons (Fsp3) is 0.400. The van der Waals surface area contributed by atoms with Gasteiger partial charge in [0.15, 0.2) is 0 Å². The quantitative estimate of drug-likeness (QED) is 0.816. The Morgan fingerprint density at radius 3 is 3.00 bits per heavy atom. The Labute approximate surface area is 92.8 Å². The summed E-state index contributed by atoms with van der Waals surface area (Å²) in [6, 6.07) is 4.02. The molecule has 0 aromatic heterocycles. The number of nitrogens with one attached hydrogen (secondary N) is 1. The van der Waals surface area contributed by atoms with Crippen LogP contribution >= 0.6 is 11.6 Å². The highest BCUT2D eigenvalue weighted by atomic mass is 35.5. The maximum absolute atomic E-state index is 12.8. The Balaban J connectivity index is 2.53. The molecule has 0 spiro atoms. The summed E-state index contributed by atoms with van der Waals surface area (Å²) in [5.41, 5.74) is 0.465. The topological polar surface area (TPSA) is 41.5 Å². The number of rotatable bonds is 5. The van der Waals surface area contributed by atoms with E-state index in [1.807, 2.05) is 0 Å². The highest BCUT2D eigenvalue weighted by Crippen LogP contribution is 2.22. The van der Waals surface area contributed by atoms with Gasteiger partial charge < -0.3 is 15.2 Å². The molecule has 1 unspecified atom stereocenters. The van der Waals surface area contributed by atoms with E-state index in [-0.39, 0.29) is 19.0 Å². The van der Waals surface area contributed by atoms with Crippen LogP contribution < -0.4 is 5.32 Å². The Morgan fingerprint density at radius 2 is 2.33 bits per heavy atom. The van der Waals surface area contributed by atoms with Crippen LogP contribution in [0.2, 0.25) is 5.02 Å². The van der Waals surface area contributed by atoms with E-state index in [2.05, 4.69) is 5.32 Å². The van der Waals surface area contributed by atoms with Crippen LogP contribution in [0, 0.1) is 5.82 Å². The van der Waals surface area contributed by atoms with Gasteiger partial charge in [0.2, 0.25) is 0 Å². The highest BCUT2D eigenvalue weighted by Gasteiger charge is 2.05. The average Bonchev–Trinajstić information content (AvgIpc) is 2.20. The predicted octanol–water partition coefficient (Wildman–Crippen LogP) is 1.90. The van der Waals surface area contributed by atoms with E-state index in [0.29, 0.717) is 10.7 Å². The molecule has 84 valence electrons. The summed E-state index contributed by atoms with van der Waals surface area (Å²) < 4.78 is 17.6. The lowest BCUT2D eigenvalue weighted by Crippen LogP contribution is -2.24. The molecule has 0 saturated carbocycles. The van der Waals surface area contributed by atoms with E-state index < -0.39 is 6.10 Å². The van der Waals surface area contributed by atoms with Gasteiger partial charge in [-0.3, -0.25) is 0 Å². The monoisotopic (exact) mass is 233 g/mol. The highest BCUT2D eigenvalue weighted by molar-refractivity contribution is 6.33. The first-order valence-corrected chi connectivity index (χ1v) is 4.87. The zero-order valence-corrected chi connectivity index (χ0v) is 9.09. The maximum atomic E-state index is 12.8. The van der Waals surface area contributed by atoms with E-state index in [4.69, 9.17) is 16.3 Å². The van der Waals surface area contributed by atoms with Crippen LogP contribution in [0.3, 0.4) is 0 Å². The first-order valence-electron chi connectivity index (χ1n) is 4.49. The number of anilines is 1. The van der Waals surface area contributed by atoms with Crippen LogP contribution in [-0.4, -0.2) is 31.5 Å². The first kappa shape index (κ1) is 12.2. The molecule has 15 heavy (non-hydrogen) atoms. The number of halogens is 2. The van der Waals surface area contributed by atoms with E-state index >= 15 is 0 Å². The maximum Gasteiger partial charge on any atom is 0.125 e. The molecule has 0 aliphatic heterocycles.